The zero-order valence-electron chi connectivity index (χ0n) is 13.2. The molecule has 0 aromatic heterocycles. The minimum absolute atomic E-state index is 0.242. The van der Waals surface area contributed by atoms with Gasteiger partial charge in [0.15, 0.2) is 0 Å². The van der Waals surface area contributed by atoms with E-state index in [1.54, 1.807) is 0 Å². The fourth-order valence-electron chi connectivity index (χ4n) is 1.98. The van der Waals surface area contributed by atoms with Crippen LogP contribution in [0.25, 0.3) is 0 Å². The summed E-state index contributed by atoms with van der Waals surface area (Å²) in [5, 5.41) is 3.55. The van der Waals surface area contributed by atoms with Crippen molar-refractivity contribution in [3.8, 4) is 5.75 Å². The minimum Gasteiger partial charge on any atom is -0.494 e. The summed E-state index contributed by atoms with van der Waals surface area (Å²) >= 11 is 0. The van der Waals surface area contributed by atoms with Crippen molar-refractivity contribution in [1.29, 1.82) is 0 Å². The second kappa shape index (κ2) is 10.7. The first kappa shape index (κ1) is 17.0. The van der Waals surface area contributed by atoms with Gasteiger partial charge in [-0.2, -0.15) is 0 Å². The van der Waals surface area contributed by atoms with E-state index >= 15 is 0 Å². The second-order valence-corrected chi connectivity index (χ2v) is 5.00. The molecule has 0 aliphatic carbocycles. The van der Waals surface area contributed by atoms with Gasteiger partial charge in [-0.1, -0.05) is 32.9 Å². The van der Waals surface area contributed by atoms with Crippen LogP contribution in [0.5, 0.6) is 5.75 Å². The normalized spacial score (nSPS) is 12.3. The standard InChI is InChI=1S/C17H29NO2/c1-4-10-18-17(14-19-11-5-2)15-8-7-9-16(13-15)20-12-6-3/h7-9,13,17-18H,4-6,10-12,14H2,1-3H3. The molecule has 0 fully saturated rings. The average Bonchev–Trinajstić information content (AvgIpc) is 2.49. The summed E-state index contributed by atoms with van der Waals surface area (Å²) < 4.78 is 11.4. The third-order valence-electron chi connectivity index (χ3n) is 3.01. The van der Waals surface area contributed by atoms with Crippen LogP contribution < -0.4 is 10.1 Å². The molecule has 1 unspecified atom stereocenters. The number of hydrogen-bond donors (Lipinski definition) is 1. The van der Waals surface area contributed by atoms with Gasteiger partial charge in [0.2, 0.25) is 0 Å². The van der Waals surface area contributed by atoms with E-state index in [0.29, 0.717) is 6.61 Å². The third-order valence-corrected chi connectivity index (χ3v) is 3.01. The molecule has 114 valence electrons. The van der Waals surface area contributed by atoms with Crippen molar-refractivity contribution in [3.05, 3.63) is 29.8 Å². The Morgan fingerprint density at radius 1 is 1.05 bits per heavy atom. The second-order valence-electron chi connectivity index (χ2n) is 5.00. The molecule has 20 heavy (non-hydrogen) atoms. The third kappa shape index (κ3) is 6.40. The van der Waals surface area contributed by atoms with Crippen molar-refractivity contribution in [2.75, 3.05) is 26.4 Å². The highest BCUT2D eigenvalue weighted by Crippen LogP contribution is 2.20. The predicted octanol–water partition coefficient (Wildman–Crippen LogP) is 3.94. The summed E-state index contributed by atoms with van der Waals surface area (Å²) in [7, 11) is 0. The first-order chi connectivity index (χ1) is 9.81. The maximum absolute atomic E-state index is 5.71. The summed E-state index contributed by atoms with van der Waals surface area (Å²) in [6.07, 6.45) is 3.21. The molecule has 0 radical (unpaired) electrons. The zero-order valence-corrected chi connectivity index (χ0v) is 13.2. The van der Waals surface area contributed by atoms with E-state index in [9.17, 15) is 0 Å². The molecule has 0 aliphatic rings. The highest BCUT2D eigenvalue weighted by atomic mass is 16.5. The van der Waals surface area contributed by atoms with Crippen molar-refractivity contribution >= 4 is 0 Å². The van der Waals surface area contributed by atoms with Gasteiger partial charge in [-0.05, 0) is 43.5 Å². The summed E-state index contributed by atoms with van der Waals surface area (Å²) in [5.41, 5.74) is 1.24. The molecule has 1 rings (SSSR count). The molecule has 3 nitrogen and oxygen atoms in total. The Balaban J connectivity index is 2.66. The molecule has 1 aromatic rings. The maximum atomic E-state index is 5.71. The van der Waals surface area contributed by atoms with E-state index in [4.69, 9.17) is 9.47 Å². The van der Waals surface area contributed by atoms with Crippen LogP contribution in [-0.2, 0) is 4.74 Å². The number of benzene rings is 1. The lowest BCUT2D eigenvalue weighted by atomic mass is 10.1. The van der Waals surface area contributed by atoms with E-state index < -0.39 is 0 Å². The first-order valence-electron chi connectivity index (χ1n) is 7.85. The van der Waals surface area contributed by atoms with Gasteiger partial charge in [0.05, 0.1) is 19.3 Å². The Morgan fingerprint density at radius 2 is 1.85 bits per heavy atom. The van der Waals surface area contributed by atoms with Crippen LogP contribution in [0, 0.1) is 0 Å². The largest absolute Gasteiger partial charge is 0.494 e. The first-order valence-corrected chi connectivity index (χ1v) is 7.85. The Labute approximate surface area is 123 Å². The molecule has 3 heteroatoms. The van der Waals surface area contributed by atoms with E-state index in [0.717, 1.165) is 44.8 Å². The van der Waals surface area contributed by atoms with Crippen LogP contribution >= 0.6 is 0 Å². The number of ether oxygens (including phenoxy) is 2. The number of nitrogens with one attached hydrogen (secondary N) is 1. The van der Waals surface area contributed by atoms with Crippen LogP contribution in [0.4, 0.5) is 0 Å². The zero-order chi connectivity index (χ0) is 14.6. The van der Waals surface area contributed by atoms with E-state index in [1.807, 2.05) is 6.07 Å². The Morgan fingerprint density at radius 3 is 2.55 bits per heavy atom. The summed E-state index contributed by atoms with van der Waals surface area (Å²) in [4.78, 5) is 0. The monoisotopic (exact) mass is 279 g/mol. The van der Waals surface area contributed by atoms with Crippen molar-refractivity contribution in [3.63, 3.8) is 0 Å². The van der Waals surface area contributed by atoms with Gasteiger partial charge < -0.3 is 14.8 Å². The average molecular weight is 279 g/mol. The van der Waals surface area contributed by atoms with Crippen LogP contribution in [0.2, 0.25) is 0 Å². The molecule has 0 bridgehead atoms. The van der Waals surface area contributed by atoms with Gasteiger partial charge in [-0.25, -0.2) is 0 Å². The fourth-order valence-corrected chi connectivity index (χ4v) is 1.98. The Bertz CT molecular complexity index is 355. The van der Waals surface area contributed by atoms with Gasteiger partial charge in [0, 0.05) is 6.61 Å². The van der Waals surface area contributed by atoms with Gasteiger partial charge in [-0.3, -0.25) is 0 Å². The van der Waals surface area contributed by atoms with Crippen molar-refractivity contribution in [2.45, 2.75) is 46.1 Å². The molecule has 0 heterocycles. The van der Waals surface area contributed by atoms with Crippen molar-refractivity contribution in [2.24, 2.45) is 0 Å². The lowest BCUT2D eigenvalue weighted by Crippen LogP contribution is -2.26. The van der Waals surface area contributed by atoms with Crippen LogP contribution in [-0.4, -0.2) is 26.4 Å². The Kier molecular flexibility index (Phi) is 9.09. The van der Waals surface area contributed by atoms with E-state index in [2.05, 4.69) is 44.3 Å². The quantitative estimate of drug-likeness (QED) is 0.622. The van der Waals surface area contributed by atoms with Crippen LogP contribution in [0.1, 0.15) is 51.6 Å². The lowest BCUT2D eigenvalue weighted by Gasteiger charge is -2.20. The number of hydrogen-bond acceptors (Lipinski definition) is 3. The highest BCUT2D eigenvalue weighted by Gasteiger charge is 2.11. The molecular formula is C17H29NO2. The van der Waals surface area contributed by atoms with Crippen molar-refractivity contribution < 1.29 is 9.47 Å². The van der Waals surface area contributed by atoms with Crippen molar-refractivity contribution in [1.82, 2.24) is 5.32 Å². The molecule has 1 atom stereocenters. The minimum atomic E-state index is 0.242. The predicted molar refractivity (Wildman–Crippen MR) is 84.4 cm³/mol. The molecule has 1 N–H and O–H groups in total. The smallest absolute Gasteiger partial charge is 0.119 e. The van der Waals surface area contributed by atoms with Gasteiger partial charge in [0.25, 0.3) is 0 Å². The van der Waals surface area contributed by atoms with Gasteiger partial charge in [0.1, 0.15) is 5.75 Å². The molecule has 0 saturated carbocycles. The Hall–Kier alpha value is -1.06. The van der Waals surface area contributed by atoms with Crippen LogP contribution in [0.15, 0.2) is 24.3 Å². The molecule has 0 saturated heterocycles. The van der Waals surface area contributed by atoms with Crippen LogP contribution in [0.3, 0.4) is 0 Å². The summed E-state index contributed by atoms with van der Waals surface area (Å²) in [6.45, 7) is 9.73. The van der Waals surface area contributed by atoms with E-state index in [1.165, 1.54) is 5.56 Å². The highest BCUT2D eigenvalue weighted by molar-refractivity contribution is 5.30. The van der Waals surface area contributed by atoms with Gasteiger partial charge in [-0.15, -0.1) is 0 Å². The maximum Gasteiger partial charge on any atom is 0.119 e. The van der Waals surface area contributed by atoms with Gasteiger partial charge >= 0.3 is 0 Å². The summed E-state index contributed by atoms with van der Waals surface area (Å²) in [6, 6.07) is 8.58. The number of rotatable bonds is 11. The SMILES string of the molecule is CCCNC(COCCC)c1cccc(OCCC)c1. The molecule has 0 spiro atoms. The molecular weight excluding hydrogens is 250 g/mol. The molecule has 0 aliphatic heterocycles. The van der Waals surface area contributed by atoms with E-state index in [-0.39, 0.29) is 6.04 Å². The lowest BCUT2D eigenvalue weighted by molar-refractivity contribution is 0.112. The fraction of sp³-hybridized carbons (Fsp3) is 0.647. The summed E-state index contributed by atoms with van der Waals surface area (Å²) in [5.74, 6) is 0.947. The topological polar surface area (TPSA) is 30.5 Å². The molecule has 1 aromatic carbocycles. The molecule has 0 amide bonds.